The molecule has 1 heterocycles. The minimum absolute atomic E-state index is 0.122. The summed E-state index contributed by atoms with van der Waals surface area (Å²) in [5, 5.41) is 12.5. The van der Waals surface area contributed by atoms with Gasteiger partial charge in [-0.15, -0.1) is 0 Å². The van der Waals surface area contributed by atoms with Gasteiger partial charge in [-0.25, -0.2) is 0 Å². The highest BCUT2D eigenvalue weighted by molar-refractivity contribution is 6.08. The molecule has 0 aromatic heterocycles. The molecular formula is C17H17N3O5. The van der Waals surface area contributed by atoms with Crippen molar-refractivity contribution in [3.05, 3.63) is 52.1 Å². The van der Waals surface area contributed by atoms with Gasteiger partial charge >= 0.3 is 0 Å². The third-order valence-corrected chi connectivity index (χ3v) is 4.18. The number of nitrogens with zero attached hydrogens (tertiary/aromatic N) is 2. The number of ether oxygens (including phenoxy) is 1. The molecule has 0 aliphatic carbocycles. The summed E-state index contributed by atoms with van der Waals surface area (Å²) in [4.78, 5) is 35.9. The molecule has 2 N–H and O–H groups in total. The van der Waals surface area contributed by atoms with Crippen LogP contribution < -0.4 is 5.73 Å². The molecule has 25 heavy (non-hydrogen) atoms. The monoisotopic (exact) mass is 343 g/mol. The van der Waals surface area contributed by atoms with Crippen molar-refractivity contribution in [3.8, 4) is 0 Å². The Morgan fingerprint density at radius 1 is 1.32 bits per heavy atom. The molecule has 8 nitrogen and oxygen atoms in total. The molecule has 1 atom stereocenters. The first-order chi connectivity index (χ1) is 12.0. The van der Waals surface area contributed by atoms with Crippen LogP contribution >= 0.6 is 0 Å². The molecule has 1 unspecified atom stereocenters. The predicted molar refractivity (Wildman–Crippen MR) is 90.1 cm³/mol. The predicted octanol–water partition coefficient (Wildman–Crippen LogP) is 1.46. The van der Waals surface area contributed by atoms with Crippen LogP contribution in [0.4, 0.5) is 5.69 Å². The molecule has 0 radical (unpaired) electrons. The Bertz CT molecular complexity index is 851. The van der Waals surface area contributed by atoms with Gasteiger partial charge in [0.1, 0.15) is 6.61 Å². The first kappa shape index (κ1) is 16.8. The van der Waals surface area contributed by atoms with E-state index in [9.17, 15) is 19.7 Å². The summed E-state index contributed by atoms with van der Waals surface area (Å²) in [5.74, 6) is -0.848. The Kier molecular flexibility index (Phi) is 4.62. The van der Waals surface area contributed by atoms with E-state index in [2.05, 4.69) is 0 Å². The largest absolute Gasteiger partial charge is 0.368 e. The van der Waals surface area contributed by atoms with Crippen LogP contribution in [0, 0.1) is 10.1 Å². The average molecular weight is 343 g/mol. The maximum Gasteiger partial charge on any atom is 0.270 e. The second kappa shape index (κ2) is 6.86. The normalized spacial score (nSPS) is 17.0. The van der Waals surface area contributed by atoms with Crippen LogP contribution in [0.3, 0.4) is 0 Å². The van der Waals surface area contributed by atoms with Gasteiger partial charge in [-0.2, -0.15) is 0 Å². The third-order valence-electron chi connectivity index (χ3n) is 4.18. The molecule has 1 aliphatic rings. The number of hydrogen-bond donors (Lipinski definition) is 1. The van der Waals surface area contributed by atoms with E-state index in [1.807, 2.05) is 0 Å². The molecule has 1 saturated heterocycles. The van der Waals surface area contributed by atoms with Gasteiger partial charge in [0.2, 0.25) is 5.91 Å². The van der Waals surface area contributed by atoms with Crippen molar-refractivity contribution >= 4 is 28.3 Å². The van der Waals surface area contributed by atoms with Crippen molar-refractivity contribution in [2.24, 2.45) is 5.73 Å². The lowest BCUT2D eigenvalue weighted by Gasteiger charge is -2.17. The summed E-state index contributed by atoms with van der Waals surface area (Å²) >= 11 is 0. The summed E-state index contributed by atoms with van der Waals surface area (Å²) < 4.78 is 5.35. The van der Waals surface area contributed by atoms with Crippen LogP contribution in [-0.2, 0) is 9.53 Å². The Hall–Kier alpha value is -3.00. The van der Waals surface area contributed by atoms with Gasteiger partial charge in [0.05, 0.1) is 16.6 Å². The summed E-state index contributed by atoms with van der Waals surface area (Å²) in [6.07, 6.45) is 0.327. The number of benzene rings is 2. The number of primary amides is 1. The highest BCUT2D eigenvalue weighted by Crippen LogP contribution is 2.27. The number of carbonyl (C=O) groups is 2. The Morgan fingerprint density at radius 2 is 2.08 bits per heavy atom. The summed E-state index contributed by atoms with van der Waals surface area (Å²) in [6.45, 7) is 0.592. The van der Waals surface area contributed by atoms with E-state index in [1.54, 1.807) is 29.2 Å². The van der Waals surface area contributed by atoms with E-state index in [0.717, 1.165) is 0 Å². The van der Waals surface area contributed by atoms with Crippen LogP contribution in [0.5, 0.6) is 0 Å². The number of carbonyl (C=O) groups excluding carboxylic acids is 2. The van der Waals surface area contributed by atoms with Crippen LogP contribution in [0.2, 0.25) is 0 Å². The maximum absolute atomic E-state index is 12.9. The first-order valence-electron chi connectivity index (χ1n) is 7.82. The number of nitro benzene ring substituents is 1. The standard InChI is InChI=1S/C17H17N3O5/c18-16(21)10-25-13-5-6-19(9-13)17(22)15-8-12(20(23)24)7-11-3-1-2-4-14(11)15/h1-4,7-8,13H,5-6,9-10H2,(H2,18,21). The van der Waals surface area contributed by atoms with Crippen LogP contribution in [0.15, 0.2) is 36.4 Å². The second-order valence-electron chi connectivity index (χ2n) is 5.91. The van der Waals surface area contributed by atoms with Crippen molar-refractivity contribution in [1.82, 2.24) is 4.90 Å². The fraction of sp³-hybridized carbons (Fsp3) is 0.294. The van der Waals surface area contributed by atoms with E-state index < -0.39 is 10.8 Å². The molecule has 0 saturated carbocycles. The van der Waals surface area contributed by atoms with Crippen molar-refractivity contribution in [2.45, 2.75) is 12.5 Å². The molecule has 8 heteroatoms. The zero-order valence-corrected chi connectivity index (χ0v) is 13.4. The summed E-state index contributed by atoms with van der Waals surface area (Å²) in [5.41, 5.74) is 5.22. The average Bonchev–Trinajstić information content (AvgIpc) is 3.07. The number of non-ortho nitro benzene ring substituents is 1. The van der Waals surface area contributed by atoms with Gasteiger partial charge in [-0.05, 0) is 17.2 Å². The lowest BCUT2D eigenvalue weighted by Crippen LogP contribution is -2.31. The maximum atomic E-state index is 12.9. The minimum atomic E-state index is -0.561. The highest BCUT2D eigenvalue weighted by Gasteiger charge is 2.29. The number of likely N-dealkylation sites (tertiary alicyclic amines) is 1. The molecular weight excluding hydrogens is 326 g/mol. The first-order valence-corrected chi connectivity index (χ1v) is 7.82. The Labute approximate surface area is 143 Å². The van der Waals surface area contributed by atoms with E-state index in [1.165, 1.54) is 12.1 Å². The molecule has 3 rings (SSSR count). The van der Waals surface area contributed by atoms with Gasteiger partial charge in [0, 0.05) is 25.2 Å². The number of nitro groups is 1. The van der Waals surface area contributed by atoms with Crippen molar-refractivity contribution < 1.29 is 19.2 Å². The minimum Gasteiger partial charge on any atom is -0.368 e. The van der Waals surface area contributed by atoms with Crippen molar-refractivity contribution in [2.75, 3.05) is 19.7 Å². The van der Waals surface area contributed by atoms with Crippen molar-refractivity contribution in [3.63, 3.8) is 0 Å². The highest BCUT2D eigenvalue weighted by atomic mass is 16.6. The van der Waals surface area contributed by atoms with Crippen LogP contribution in [0.25, 0.3) is 10.8 Å². The molecule has 1 aliphatic heterocycles. The quantitative estimate of drug-likeness (QED) is 0.652. The van der Waals surface area contributed by atoms with Crippen molar-refractivity contribution in [1.29, 1.82) is 0 Å². The number of amides is 2. The van der Waals surface area contributed by atoms with Crippen LogP contribution in [0.1, 0.15) is 16.8 Å². The summed E-state index contributed by atoms with van der Waals surface area (Å²) in [7, 11) is 0. The van der Waals surface area contributed by atoms with E-state index in [0.29, 0.717) is 35.8 Å². The number of rotatable bonds is 5. The molecule has 130 valence electrons. The molecule has 2 aromatic carbocycles. The van der Waals surface area contributed by atoms with E-state index >= 15 is 0 Å². The Balaban J connectivity index is 1.87. The fourth-order valence-electron chi connectivity index (χ4n) is 3.00. The lowest BCUT2D eigenvalue weighted by molar-refractivity contribution is -0.384. The van der Waals surface area contributed by atoms with E-state index in [4.69, 9.17) is 10.5 Å². The van der Waals surface area contributed by atoms with Gasteiger partial charge in [-0.1, -0.05) is 24.3 Å². The third kappa shape index (κ3) is 3.58. The number of hydrogen-bond acceptors (Lipinski definition) is 5. The van der Waals surface area contributed by atoms with Gasteiger partial charge in [0.25, 0.3) is 11.6 Å². The molecule has 2 amide bonds. The van der Waals surface area contributed by atoms with Crippen LogP contribution in [-0.4, -0.2) is 47.4 Å². The molecule has 0 spiro atoms. The second-order valence-corrected chi connectivity index (χ2v) is 5.91. The van der Waals surface area contributed by atoms with Gasteiger partial charge < -0.3 is 15.4 Å². The van der Waals surface area contributed by atoms with E-state index in [-0.39, 0.29) is 24.3 Å². The zero-order valence-electron chi connectivity index (χ0n) is 13.4. The SMILES string of the molecule is NC(=O)COC1CCN(C(=O)c2cc([N+](=O)[O-])cc3ccccc23)C1. The van der Waals surface area contributed by atoms with Gasteiger partial charge in [0.15, 0.2) is 0 Å². The summed E-state index contributed by atoms with van der Waals surface area (Å²) in [6, 6.07) is 9.82. The number of fused-ring (bicyclic) bond motifs is 1. The molecule has 2 aromatic rings. The molecule has 0 bridgehead atoms. The molecule has 1 fully saturated rings. The smallest absolute Gasteiger partial charge is 0.270 e. The Morgan fingerprint density at radius 3 is 2.80 bits per heavy atom. The fourth-order valence-corrected chi connectivity index (χ4v) is 3.00. The number of nitrogens with two attached hydrogens (primary N) is 1. The zero-order chi connectivity index (χ0) is 18.0. The van der Waals surface area contributed by atoms with Gasteiger partial charge in [-0.3, -0.25) is 19.7 Å². The lowest BCUT2D eigenvalue weighted by atomic mass is 10.0. The topological polar surface area (TPSA) is 116 Å².